The first-order valence-corrected chi connectivity index (χ1v) is 5.87. The summed E-state index contributed by atoms with van der Waals surface area (Å²) in [5, 5.41) is 2.47. The third kappa shape index (κ3) is 2.49. The summed E-state index contributed by atoms with van der Waals surface area (Å²) >= 11 is 1.42. The van der Waals surface area contributed by atoms with Crippen molar-refractivity contribution in [3.8, 4) is 0 Å². The number of thiazole rings is 1. The summed E-state index contributed by atoms with van der Waals surface area (Å²) < 4.78 is 5.31. The highest BCUT2D eigenvalue weighted by molar-refractivity contribution is 7.13. The van der Waals surface area contributed by atoms with E-state index in [1.807, 2.05) is 31.4 Å². The van der Waals surface area contributed by atoms with E-state index in [0.717, 1.165) is 17.3 Å². The minimum Gasteiger partial charge on any atom is -0.448 e. The van der Waals surface area contributed by atoms with Crippen LogP contribution in [0.2, 0.25) is 0 Å². The summed E-state index contributed by atoms with van der Waals surface area (Å²) in [6.07, 6.45) is 5.38. The number of aromatic nitrogens is 2. The van der Waals surface area contributed by atoms with Crippen LogP contribution in [0.15, 0.2) is 16.1 Å². The van der Waals surface area contributed by atoms with Gasteiger partial charge >= 0.3 is 0 Å². The molecule has 84 valence electrons. The molecule has 4 nitrogen and oxygen atoms in total. The monoisotopic (exact) mass is 235 g/mol. The Labute approximate surface area is 97.8 Å². The van der Waals surface area contributed by atoms with Crippen molar-refractivity contribution < 1.29 is 4.42 Å². The molecule has 2 N–H and O–H groups in total. The molecule has 2 aromatic rings. The van der Waals surface area contributed by atoms with Gasteiger partial charge in [-0.05, 0) is 12.2 Å². The lowest BCUT2D eigenvalue weighted by molar-refractivity contribution is 0.471. The topological polar surface area (TPSA) is 64.9 Å². The van der Waals surface area contributed by atoms with Crippen LogP contribution in [0.5, 0.6) is 0 Å². The molecule has 0 saturated carbocycles. The molecule has 0 aromatic carbocycles. The highest BCUT2D eigenvalue weighted by Gasteiger charge is 2.05. The van der Waals surface area contributed by atoms with Crippen molar-refractivity contribution in [2.45, 2.75) is 19.8 Å². The maximum absolute atomic E-state index is 5.53. The fourth-order valence-electron chi connectivity index (χ4n) is 1.19. The predicted octanol–water partition coefficient (Wildman–Crippen LogP) is 3.01. The Morgan fingerprint density at radius 1 is 1.31 bits per heavy atom. The summed E-state index contributed by atoms with van der Waals surface area (Å²) in [5.74, 6) is 1.05. The molecule has 0 amide bonds. The number of rotatable bonds is 3. The van der Waals surface area contributed by atoms with Crippen LogP contribution in [0.3, 0.4) is 0 Å². The third-order valence-corrected chi connectivity index (χ3v) is 2.69. The minimum atomic E-state index is 0.303. The van der Waals surface area contributed by atoms with E-state index in [9.17, 15) is 0 Å². The van der Waals surface area contributed by atoms with Gasteiger partial charge in [0.15, 0.2) is 11.0 Å². The Balaban J connectivity index is 2.11. The van der Waals surface area contributed by atoms with Crippen LogP contribution >= 0.6 is 11.3 Å². The number of hydrogen-bond acceptors (Lipinski definition) is 5. The maximum Gasteiger partial charge on any atom is 0.197 e. The molecular weight excluding hydrogens is 222 g/mol. The van der Waals surface area contributed by atoms with Crippen molar-refractivity contribution in [1.82, 2.24) is 9.97 Å². The second kappa shape index (κ2) is 4.49. The quantitative estimate of drug-likeness (QED) is 0.888. The van der Waals surface area contributed by atoms with E-state index in [0.29, 0.717) is 11.0 Å². The second-order valence-electron chi connectivity index (χ2n) is 3.71. The zero-order valence-electron chi connectivity index (χ0n) is 9.18. The van der Waals surface area contributed by atoms with Crippen LogP contribution in [-0.2, 0) is 0 Å². The smallest absolute Gasteiger partial charge is 0.197 e. The maximum atomic E-state index is 5.53. The van der Waals surface area contributed by atoms with E-state index in [2.05, 4.69) is 9.97 Å². The van der Waals surface area contributed by atoms with Crippen molar-refractivity contribution in [3.05, 3.63) is 28.9 Å². The van der Waals surface area contributed by atoms with E-state index in [1.54, 1.807) is 6.26 Å². The zero-order valence-corrected chi connectivity index (χ0v) is 9.99. The normalized spacial score (nSPS) is 11.7. The Bertz CT molecular complexity index is 499. The first-order valence-electron chi connectivity index (χ1n) is 4.99. The second-order valence-corrected chi connectivity index (χ2v) is 4.60. The molecule has 0 bridgehead atoms. The molecule has 0 saturated heterocycles. The molecule has 0 aliphatic carbocycles. The molecule has 0 atom stereocenters. The summed E-state index contributed by atoms with van der Waals surface area (Å²) in [7, 11) is 0. The van der Waals surface area contributed by atoms with Crippen LogP contribution in [0.1, 0.15) is 37.0 Å². The number of oxazole rings is 1. The number of nitrogen functional groups attached to an aromatic ring is 1. The molecule has 0 aliphatic heterocycles. The van der Waals surface area contributed by atoms with Crippen LogP contribution in [-0.4, -0.2) is 9.97 Å². The van der Waals surface area contributed by atoms with Gasteiger partial charge in [-0.25, -0.2) is 9.97 Å². The van der Waals surface area contributed by atoms with Crippen molar-refractivity contribution in [3.63, 3.8) is 0 Å². The van der Waals surface area contributed by atoms with Crippen LogP contribution < -0.4 is 5.73 Å². The molecule has 2 heterocycles. The Kier molecular flexibility index (Phi) is 3.05. The van der Waals surface area contributed by atoms with Crippen LogP contribution in [0.4, 0.5) is 5.13 Å². The van der Waals surface area contributed by atoms with Gasteiger partial charge in [0, 0.05) is 11.3 Å². The minimum absolute atomic E-state index is 0.303. The first kappa shape index (κ1) is 10.9. The van der Waals surface area contributed by atoms with Crippen molar-refractivity contribution >= 4 is 28.6 Å². The fraction of sp³-hybridized carbons (Fsp3) is 0.273. The summed E-state index contributed by atoms with van der Waals surface area (Å²) in [6, 6.07) is 0. The van der Waals surface area contributed by atoms with Gasteiger partial charge in [-0.2, -0.15) is 0 Å². The first-order chi connectivity index (χ1) is 7.65. The van der Waals surface area contributed by atoms with E-state index < -0.39 is 0 Å². The molecule has 0 unspecified atom stereocenters. The predicted molar refractivity (Wildman–Crippen MR) is 66.0 cm³/mol. The third-order valence-electron chi connectivity index (χ3n) is 2.00. The van der Waals surface area contributed by atoms with Gasteiger partial charge in [-0.1, -0.05) is 13.8 Å². The van der Waals surface area contributed by atoms with Gasteiger partial charge in [0.1, 0.15) is 12.0 Å². The lowest BCUT2D eigenvalue weighted by atomic mass is 10.2. The molecule has 0 spiro atoms. The Morgan fingerprint density at radius 3 is 2.62 bits per heavy atom. The zero-order chi connectivity index (χ0) is 11.5. The van der Waals surface area contributed by atoms with E-state index in [-0.39, 0.29) is 0 Å². The molecule has 5 heteroatoms. The van der Waals surface area contributed by atoms with Gasteiger partial charge in [0.25, 0.3) is 0 Å². The van der Waals surface area contributed by atoms with Gasteiger partial charge in [0.2, 0.25) is 0 Å². The van der Waals surface area contributed by atoms with Crippen molar-refractivity contribution in [1.29, 1.82) is 0 Å². The molecule has 0 fully saturated rings. The molecule has 0 aliphatic rings. The Hall–Kier alpha value is -1.62. The van der Waals surface area contributed by atoms with E-state index >= 15 is 0 Å². The summed E-state index contributed by atoms with van der Waals surface area (Å²) in [6.45, 7) is 4.08. The van der Waals surface area contributed by atoms with Gasteiger partial charge in [-0.15, -0.1) is 11.3 Å². The van der Waals surface area contributed by atoms with Gasteiger partial charge in [0.05, 0.1) is 5.69 Å². The summed E-state index contributed by atoms with van der Waals surface area (Å²) in [5.41, 5.74) is 7.18. The SMILES string of the molecule is CC(C)c1nc(C=Cc2csc(N)n2)co1. The highest BCUT2D eigenvalue weighted by atomic mass is 32.1. The van der Waals surface area contributed by atoms with Crippen molar-refractivity contribution in [2.75, 3.05) is 5.73 Å². The van der Waals surface area contributed by atoms with Crippen LogP contribution in [0.25, 0.3) is 12.2 Å². The number of hydrogen-bond donors (Lipinski definition) is 1. The summed E-state index contributed by atoms with van der Waals surface area (Å²) in [4.78, 5) is 8.44. The number of nitrogens with zero attached hydrogens (tertiary/aromatic N) is 2. The van der Waals surface area contributed by atoms with Crippen molar-refractivity contribution in [2.24, 2.45) is 0 Å². The molecule has 2 aromatic heterocycles. The fourth-order valence-corrected chi connectivity index (χ4v) is 1.72. The van der Waals surface area contributed by atoms with Gasteiger partial charge in [-0.3, -0.25) is 0 Å². The lowest BCUT2D eigenvalue weighted by Crippen LogP contribution is -1.86. The molecule has 2 rings (SSSR count). The highest BCUT2D eigenvalue weighted by Crippen LogP contribution is 2.16. The molecule has 16 heavy (non-hydrogen) atoms. The average Bonchev–Trinajstić information content (AvgIpc) is 2.83. The van der Waals surface area contributed by atoms with Gasteiger partial charge < -0.3 is 10.2 Å². The van der Waals surface area contributed by atoms with E-state index in [1.165, 1.54) is 11.3 Å². The van der Waals surface area contributed by atoms with E-state index in [4.69, 9.17) is 10.2 Å². The molecule has 0 radical (unpaired) electrons. The lowest BCUT2D eigenvalue weighted by Gasteiger charge is -1.93. The average molecular weight is 235 g/mol. The largest absolute Gasteiger partial charge is 0.448 e. The van der Waals surface area contributed by atoms with Crippen LogP contribution in [0, 0.1) is 0 Å². The number of nitrogens with two attached hydrogens (primary N) is 1. The standard InChI is InChI=1S/C11H13N3OS/c1-7(2)10-13-8(5-15-10)3-4-9-6-16-11(12)14-9/h3-7H,1-2H3,(H2,12,14). The Morgan fingerprint density at radius 2 is 2.06 bits per heavy atom. The number of anilines is 1. The molecular formula is C11H13N3OS.